The van der Waals surface area contributed by atoms with Gasteiger partial charge in [-0.2, -0.15) is 0 Å². The smallest absolute Gasteiger partial charge is 0.406 e. The third-order valence-corrected chi connectivity index (χ3v) is 4.66. The van der Waals surface area contributed by atoms with Gasteiger partial charge in [-0.3, -0.25) is 14.5 Å². The van der Waals surface area contributed by atoms with E-state index in [0.717, 1.165) is 31.4 Å². The molecule has 0 unspecified atom stereocenters. The van der Waals surface area contributed by atoms with Crippen LogP contribution in [0, 0.1) is 5.92 Å². The van der Waals surface area contributed by atoms with Crippen molar-refractivity contribution < 1.29 is 27.5 Å². The number of rotatable bonds is 7. The van der Waals surface area contributed by atoms with Gasteiger partial charge < -0.3 is 15.4 Å². The number of nitrogens with zero attached hydrogens (tertiary/aromatic N) is 1. The molecule has 1 saturated carbocycles. The van der Waals surface area contributed by atoms with Crippen LogP contribution < -0.4 is 15.4 Å². The first kappa shape index (κ1) is 22.0. The lowest BCUT2D eigenvalue weighted by molar-refractivity contribution is -0.274. The number of amides is 2. The Balaban J connectivity index is 1.75. The lowest BCUT2D eigenvalue weighted by Gasteiger charge is -2.30. The Morgan fingerprint density at radius 3 is 2.32 bits per heavy atom. The van der Waals surface area contributed by atoms with E-state index < -0.39 is 6.36 Å². The average Bonchev–Trinajstić information content (AvgIpc) is 2.57. The Morgan fingerprint density at radius 2 is 1.71 bits per heavy atom. The number of hydrogen-bond donors (Lipinski definition) is 2. The first-order valence-electron chi connectivity index (χ1n) is 9.26. The van der Waals surface area contributed by atoms with Crippen molar-refractivity contribution in [1.82, 2.24) is 10.2 Å². The molecule has 0 aromatic heterocycles. The highest BCUT2D eigenvalue weighted by Gasteiger charge is 2.31. The summed E-state index contributed by atoms with van der Waals surface area (Å²) in [5.41, 5.74) is 0.341. The molecule has 0 heterocycles. The van der Waals surface area contributed by atoms with Crippen LogP contribution in [0.15, 0.2) is 24.3 Å². The first-order valence-corrected chi connectivity index (χ1v) is 9.26. The van der Waals surface area contributed by atoms with E-state index in [2.05, 4.69) is 22.3 Å². The minimum Gasteiger partial charge on any atom is -0.406 e. The number of carbonyl (C=O) groups excluding carboxylic acids is 2. The highest BCUT2D eigenvalue weighted by molar-refractivity contribution is 5.92. The minimum atomic E-state index is -4.76. The summed E-state index contributed by atoms with van der Waals surface area (Å²) in [7, 11) is 1.66. The molecule has 156 valence electrons. The molecule has 0 saturated heterocycles. The van der Waals surface area contributed by atoms with Crippen LogP contribution in [0.3, 0.4) is 0 Å². The van der Waals surface area contributed by atoms with Gasteiger partial charge in [0, 0.05) is 11.7 Å². The topological polar surface area (TPSA) is 70.7 Å². The molecule has 2 N–H and O–H groups in total. The number of anilines is 1. The van der Waals surface area contributed by atoms with Crippen LogP contribution in [0.2, 0.25) is 0 Å². The maximum atomic E-state index is 12.2. The fourth-order valence-corrected chi connectivity index (χ4v) is 3.27. The van der Waals surface area contributed by atoms with E-state index in [1.807, 2.05) is 0 Å². The Bertz CT molecular complexity index is 665. The number of ether oxygens (including phenoxy) is 1. The van der Waals surface area contributed by atoms with E-state index >= 15 is 0 Å². The Kier molecular flexibility index (Phi) is 7.68. The van der Waals surface area contributed by atoms with Crippen LogP contribution in [0.25, 0.3) is 0 Å². The van der Waals surface area contributed by atoms with Crippen LogP contribution in [0.1, 0.15) is 32.6 Å². The number of benzene rings is 1. The molecule has 1 aromatic carbocycles. The van der Waals surface area contributed by atoms with E-state index in [4.69, 9.17) is 0 Å². The lowest BCUT2D eigenvalue weighted by Crippen LogP contribution is -2.46. The molecular weight excluding hydrogens is 375 g/mol. The molecule has 2 amide bonds. The number of nitrogens with one attached hydrogen (secondary N) is 2. The molecule has 1 fully saturated rings. The van der Waals surface area contributed by atoms with E-state index in [9.17, 15) is 22.8 Å². The van der Waals surface area contributed by atoms with Gasteiger partial charge in [0.25, 0.3) is 0 Å². The summed E-state index contributed by atoms with van der Waals surface area (Å²) in [6.07, 6.45) is -0.373. The lowest BCUT2D eigenvalue weighted by atomic mass is 9.86. The second-order valence-corrected chi connectivity index (χ2v) is 7.23. The van der Waals surface area contributed by atoms with Gasteiger partial charge in [0.2, 0.25) is 11.8 Å². The highest BCUT2D eigenvalue weighted by Crippen LogP contribution is 2.24. The van der Waals surface area contributed by atoms with Gasteiger partial charge in [0.15, 0.2) is 0 Å². The third-order valence-electron chi connectivity index (χ3n) is 4.66. The van der Waals surface area contributed by atoms with Gasteiger partial charge in [-0.1, -0.05) is 19.8 Å². The van der Waals surface area contributed by atoms with Crippen molar-refractivity contribution in [3.8, 4) is 5.75 Å². The Hall–Kier alpha value is -2.29. The summed E-state index contributed by atoms with van der Waals surface area (Å²) in [6, 6.07) is 5.05. The second-order valence-electron chi connectivity index (χ2n) is 7.23. The molecule has 0 aliphatic heterocycles. The molecule has 9 heteroatoms. The zero-order chi connectivity index (χ0) is 20.7. The Labute approximate surface area is 162 Å². The zero-order valence-corrected chi connectivity index (χ0v) is 16.0. The maximum absolute atomic E-state index is 12.2. The van der Waals surface area contributed by atoms with E-state index in [1.165, 1.54) is 18.6 Å². The monoisotopic (exact) mass is 401 g/mol. The van der Waals surface area contributed by atoms with Crippen molar-refractivity contribution in [3.63, 3.8) is 0 Å². The van der Waals surface area contributed by atoms with Crippen LogP contribution in [0.4, 0.5) is 18.9 Å². The molecule has 1 aromatic rings. The Morgan fingerprint density at radius 1 is 1.11 bits per heavy atom. The minimum absolute atomic E-state index is 0.0194. The van der Waals surface area contributed by atoms with Gasteiger partial charge in [-0.15, -0.1) is 13.2 Å². The van der Waals surface area contributed by atoms with Crippen molar-refractivity contribution in [2.75, 3.05) is 25.5 Å². The SMILES string of the molecule is C[C@H]1CCCC[C@H]1NC(=O)CN(C)CC(=O)Nc1ccc(OC(F)(F)F)cc1. The first-order chi connectivity index (χ1) is 13.1. The van der Waals surface area contributed by atoms with Crippen LogP contribution in [-0.4, -0.2) is 49.3 Å². The fourth-order valence-electron chi connectivity index (χ4n) is 3.27. The molecule has 1 aliphatic rings. The molecule has 6 nitrogen and oxygen atoms in total. The number of alkyl halides is 3. The predicted molar refractivity (Wildman–Crippen MR) is 98.8 cm³/mol. The highest BCUT2D eigenvalue weighted by atomic mass is 19.4. The van der Waals surface area contributed by atoms with Gasteiger partial charge in [-0.25, -0.2) is 0 Å². The van der Waals surface area contributed by atoms with Gasteiger partial charge in [0.1, 0.15) is 5.75 Å². The van der Waals surface area contributed by atoms with Crippen molar-refractivity contribution in [2.24, 2.45) is 5.92 Å². The van der Waals surface area contributed by atoms with Crippen LogP contribution in [0.5, 0.6) is 5.75 Å². The molecule has 0 radical (unpaired) electrons. The largest absolute Gasteiger partial charge is 0.573 e. The summed E-state index contributed by atoms with van der Waals surface area (Å²) < 4.78 is 40.2. The van der Waals surface area contributed by atoms with Gasteiger partial charge in [0.05, 0.1) is 13.1 Å². The van der Waals surface area contributed by atoms with E-state index in [0.29, 0.717) is 11.6 Å². The summed E-state index contributed by atoms with van der Waals surface area (Å²) in [5, 5.41) is 5.60. The third kappa shape index (κ3) is 7.75. The van der Waals surface area contributed by atoms with Crippen molar-refractivity contribution in [1.29, 1.82) is 0 Å². The summed E-state index contributed by atoms with van der Waals surface area (Å²) in [5.74, 6) is -0.402. The predicted octanol–water partition coefficient (Wildman–Crippen LogP) is 3.15. The number of carbonyl (C=O) groups is 2. The molecule has 2 atom stereocenters. The fraction of sp³-hybridized carbons (Fsp3) is 0.579. The number of hydrogen-bond acceptors (Lipinski definition) is 4. The van der Waals surface area contributed by atoms with Crippen LogP contribution in [-0.2, 0) is 9.59 Å². The maximum Gasteiger partial charge on any atom is 0.573 e. The molecule has 28 heavy (non-hydrogen) atoms. The second kappa shape index (κ2) is 9.77. The van der Waals surface area contributed by atoms with Crippen molar-refractivity contribution >= 4 is 17.5 Å². The van der Waals surface area contributed by atoms with Crippen molar-refractivity contribution in [2.45, 2.75) is 45.0 Å². The molecular formula is C19H26F3N3O3. The molecule has 0 bridgehead atoms. The van der Waals surface area contributed by atoms with Crippen molar-refractivity contribution in [3.05, 3.63) is 24.3 Å². The zero-order valence-electron chi connectivity index (χ0n) is 16.0. The molecule has 0 spiro atoms. The summed E-state index contributed by atoms with van der Waals surface area (Å²) in [4.78, 5) is 25.8. The van der Waals surface area contributed by atoms with Gasteiger partial charge in [-0.05, 0) is 50.1 Å². The van der Waals surface area contributed by atoms with E-state index in [-0.39, 0.29) is 36.7 Å². The normalized spacial score (nSPS) is 19.9. The quantitative estimate of drug-likeness (QED) is 0.736. The average molecular weight is 401 g/mol. The number of likely N-dealkylation sites (N-methyl/N-ethyl adjacent to an activating group) is 1. The standard InChI is InChI=1S/C19H26F3N3O3/c1-13-5-3-4-6-16(13)24-18(27)12-25(2)11-17(26)23-14-7-9-15(10-8-14)28-19(20,21)22/h7-10,13,16H,3-6,11-12H2,1-2H3,(H,23,26)(H,24,27)/t13-,16+/m0/s1. The van der Waals surface area contributed by atoms with Crippen LogP contribution >= 0.6 is 0 Å². The number of halogens is 3. The summed E-state index contributed by atoms with van der Waals surface area (Å²) in [6.45, 7) is 2.20. The van der Waals surface area contributed by atoms with E-state index in [1.54, 1.807) is 11.9 Å². The summed E-state index contributed by atoms with van der Waals surface area (Å²) >= 11 is 0. The van der Waals surface area contributed by atoms with Gasteiger partial charge >= 0.3 is 6.36 Å². The molecule has 2 rings (SSSR count). The molecule has 1 aliphatic carbocycles.